The molecule has 24 heavy (non-hydrogen) atoms. The molecule has 0 amide bonds. The first-order valence-electron chi connectivity index (χ1n) is 8.74. The smallest absolute Gasteiger partial charge is 0.211 e. The summed E-state index contributed by atoms with van der Waals surface area (Å²) in [4.78, 5) is 0.262. The Balaban J connectivity index is 1.41. The summed E-state index contributed by atoms with van der Waals surface area (Å²) in [6, 6.07) is 5.17. The Labute approximate surface area is 146 Å². The molecule has 0 saturated heterocycles. The lowest BCUT2D eigenvalue weighted by atomic mass is 9.50. The first kappa shape index (κ1) is 15.2. The fourth-order valence-corrected chi connectivity index (χ4v) is 7.75. The van der Waals surface area contributed by atoms with Crippen LogP contribution in [0.25, 0.3) is 11.0 Å². The molecule has 4 aliphatic carbocycles. The first-order chi connectivity index (χ1) is 11.5. The van der Waals surface area contributed by atoms with Crippen molar-refractivity contribution in [2.45, 2.75) is 43.4 Å². The summed E-state index contributed by atoms with van der Waals surface area (Å²) in [6.45, 7) is 0.576. The molecule has 0 aliphatic heterocycles. The van der Waals surface area contributed by atoms with Crippen molar-refractivity contribution in [3.8, 4) is 0 Å². The third-order valence-electron chi connectivity index (χ3n) is 6.34. The number of hydrogen-bond donors (Lipinski definition) is 1. The van der Waals surface area contributed by atoms with Crippen LogP contribution in [0.15, 0.2) is 23.1 Å². The normalized spacial score (nSPS) is 34.9. The van der Waals surface area contributed by atoms with Gasteiger partial charge in [0, 0.05) is 6.54 Å². The second-order valence-electron chi connectivity index (χ2n) is 8.13. The van der Waals surface area contributed by atoms with E-state index in [-0.39, 0.29) is 10.3 Å². The molecular formula is C17H21N3O2S2. The molecule has 0 radical (unpaired) electrons. The monoisotopic (exact) mass is 363 g/mol. The third-order valence-corrected chi connectivity index (χ3v) is 8.32. The van der Waals surface area contributed by atoms with Crippen LogP contribution in [0.4, 0.5) is 0 Å². The van der Waals surface area contributed by atoms with Gasteiger partial charge < -0.3 is 0 Å². The van der Waals surface area contributed by atoms with Gasteiger partial charge in [0.2, 0.25) is 10.0 Å². The summed E-state index contributed by atoms with van der Waals surface area (Å²) in [7, 11) is -3.55. The van der Waals surface area contributed by atoms with E-state index in [9.17, 15) is 8.42 Å². The highest BCUT2D eigenvalue weighted by atomic mass is 32.2. The molecule has 7 heteroatoms. The Morgan fingerprint density at radius 3 is 2.42 bits per heavy atom. The van der Waals surface area contributed by atoms with Gasteiger partial charge in [-0.25, -0.2) is 13.1 Å². The van der Waals surface area contributed by atoms with Crippen molar-refractivity contribution in [1.29, 1.82) is 0 Å². The Morgan fingerprint density at radius 1 is 1.08 bits per heavy atom. The van der Waals surface area contributed by atoms with Crippen LogP contribution in [0.2, 0.25) is 0 Å². The minimum absolute atomic E-state index is 0.191. The average molecular weight is 364 g/mol. The lowest BCUT2D eigenvalue weighted by Crippen LogP contribution is -2.51. The van der Waals surface area contributed by atoms with E-state index in [1.165, 1.54) is 38.5 Å². The third kappa shape index (κ3) is 2.40. The summed E-state index contributed by atoms with van der Waals surface area (Å²) in [5.41, 5.74) is 1.33. The molecule has 4 saturated carbocycles. The maximum absolute atomic E-state index is 12.9. The van der Waals surface area contributed by atoms with E-state index in [0.29, 0.717) is 17.6 Å². The molecule has 1 heterocycles. The van der Waals surface area contributed by atoms with E-state index in [2.05, 4.69) is 13.5 Å². The van der Waals surface area contributed by atoms with Crippen LogP contribution >= 0.6 is 11.7 Å². The predicted molar refractivity (Wildman–Crippen MR) is 93.2 cm³/mol. The maximum atomic E-state index is 12.9. The van der Waals surface area contributed by atoms with Gasteiger partial charge in [-0.2, -0.15) is 8.75 Å². The highest BCUT2D eigenvalue weighted by Crippen LogP contribution is 2.59. The molecule has 1 N–H and O–H groups in total. The van der Waals surface area contributed by atoms with Gasteiger partial charge in [-0.3, -0.25) is 0 Å². The zero-order valence-electron chi connectivity index (χ0n) is 13.4. The highest BCUT2D eigenvalue weighted by molar-refractivity contribution is 7.89. The number of nitrogens with one attached hydrogen (secondary N) is 1. The van der Waals surface area contributed by atoms with Crippen molar-refractivity contribution in [1.82, 2.24) is 13.5 Å². The Hall–Kier alpha value is -1.05. The van der Waals surface area contributed by atoms with Crippen LogP contribution < -0.4 is 4.72 Å². The number of aromatic nitrogens is 2. The largest absolute Gasteiger partial charge is 0.242 e. The molecule has 4 aliphatic rings. The number of benzene rings is 1. The molecule has 0 spiro atoms. The molecule has 4 bridgehead atoms. The van der Waals surface area contributed by atoms with Gasteiger partial charge in [0.15, 0.2) is 0 Å². The van der Waals surface area contributed by atoms with Crippen LogP contribution in [0.3, 0.4) is 0 Å². The second-order valence-corrected chi connectivity index (χ2v) is 10.4. The molecule has 128 valence electrons. The van der Waals surface area contributed by atoms with E-state index in [4.69, 9.17) is 0 Å². The maximum Gasteiger partial charge on any atom is 0.242 e. The van der Waals surface area contributed by atoms with Gasteiger partial charge in [-0.1, -0.05) is 6.07 Å². The Bertz CT molecular complexity index is 855. The van der Waals surface area contributed by atoms with Crippen LogP contribution in [0.1, 0.15) is 38.5 Å². The number of nitrogens with zero attached hydrogens (tertiary/aromatic N) is 2. The van der Waals surface area contributed by atoms with Crippen LogP contribution in [0, 0.1) is 23.2 Å². The van der Waals surface area contributed by atoms with Crippen molar-refractivity contribution in [2.24, 2.45) is 23.2 Å². The van der Waals surface area contributed by atoms with Crippen molar-refractivity contribution in [3.63, 3.8) is 0 Å². The number of hydrogen-bond acceptors (Lipinski definition) is 5. The van der Waals surface area contributed by atoms with Gasteiger partial charge in [0.1, 0.15) is 15.9 Å². The first-order valence-corrected chi connectivity index (χ1v) is 11.0. The van der Waals surface area contributed by atoms with Gasteiger partial charge in [-0.15, -0.1) is 0 Å². The van der Waals surface area contributed by atoms with Crippen molar-refractivity contribution in [3.05, 3.63) is 18.2 Å². The summed E-state index contributed by atoms with van der Waals surface area (Å²) >= 11 is 1.06. The molecule has 5 nitrogen and oxygen atoms in total. The molecule has 4 fully saturated rings. The fourth-order valence-electron chi connectivity index (χ4n) is 5.83. The van der Waals surface area contributed by atoms with Crippen LogP contribution in [-0.4, -0.2) is 23.7 Å². The molecule has 0 atom stereocenters. The second kappa shape index (κ2) is 5.22. The summed E-state index contributed by atoms with van der Waals surface area (Å²) in [6.07, 6.45) is 7.71. The zero-order chi connectivity index (χ0) is 16.4. The average Bonchev–Trinajstić information content (AvgIpc) is 3.00. The van der Waals surface area contributed by atoms with E-state index >= 15 is 0 Å². The molecule has 1 aromatic carbocycles. The lowest BCUT2D eigenvalue weighted by molar-refractivity contribution is -0.0487. The summed E-state index contributed by atoms with van der Waals surface area (Å²) < 4.78 is 37.0. The highest BCUT2D eigenvalue weighted by Gasteiger charge is 2.51. The van der Waals surface area contributed by atoms with E-state index in [1.807, 2.05) is 0 Å². The van der Waals surface area contributed by atoms with Crippen molar-refractivity contribution >= 4 is 32.8 Å². The summed E-state index contributed by atoms with van der Waals surface area (Å²) in [5.74, 6) is 2.48. The molecule has 6 rings (SSSR count). The van der Waals surface area contributed by atoms with Gasteiger partial charge in [0.25, 0.3) is 0 Å². The van der Waals surface area contributed by atoms with Crippen LogP contribution in [0.5, 0.6) is 0 Å². The van der Waals surface area contributed by atoms with Gasteiger partial charge in [-0.05, 0) is 73.8 Å². The van der Waals surface area contributed by atoms with Crippen molar-refractivity contribution < 1.29 is 8.42 Å². The minimum atomic E-state index is -3.55. The number of fused-ring (bicyclic) bond motifs is 1. The van der Waals surface area contributed by atoms with Crippen molar-refractivity contribution in [2.75, 3.05) is 6.54 Å². The number of rotatable bonds is 4. The van der Waals surface area contributed by atoms with Crippen LogP contribution in [-0.2, 0) is 10.0 Å². The number of sulfonamides is 1. The Morgan fingerprint density at radius 2 is 1.75 bits per heavy atom. The van der Waals surface area contributed by atoms with Gasteiger partial charge in [0.05, 0.1) is 11.7 Å². The molecular weight excluding hydrogens is 342 g/mol. The van der Waals surface area contributed by atoms with E-state index in [0.717, 1.165) is 29.5 Å². The minimum Gasteiger partial charge on any atom is -0.211 e. The lowest BCUT2D eigenvalue weighted by Gasteiger charge is -2.56. The SMILES string of the molecule is O=S(=O)(NCC12CC3CC(CC(C3)C1)C2)c1cccc2nsnc12. The standard InChI is InChI=1S/C17H21N3O2S2/c21-24(22,15-3-1-2-14-16(15)20-23-19-14)18-10-17-7-11-4-12(8-17)6-13(5-11)9-17/h1-3,11-13,18H,4-10H2. The quantitative estimate of drug-likeness (QED) is 0.905. The predicted octanol–water partition coefficient (Wildman–Crippen LogP) is 3.19. The van der Waals surface area contributed by atoms with Gasteiger partial charge >= 0.3 is 0 Å². The fraction of sp³-hybridized carbons (Fsp3) is 0.647. The Kier molecular flexibility index (Phi) is 3.31. The van der Waals surface area contributed by atoms with E-state index in [1.54, 1.807) is 18.2 Å². The topological polar surface area (TPSA) is 72.0 Å². The zero-order valence-corrected chi connectivity index (χ0v) is 15.1. The molecule has 2 aromatic rings. The summed E-state index contributed by atoms with van der Waals surface area (Å²) in [5, 5.41) is 0. The molecule has 0 unspecified atom stereocenters. The molecule has 1 aromatic heterocycles. The van der Waals surface area contributed by atoms with E-state index < -0.39 is 10.0 Å².